The molecule has 2 amide bonds. The molecule has 0 radical (unpaired) electrons. The molecule has 166 valence electrons. The number of carbonyl (C=O) groups excluding carboxylic acids is 1. The van der Waals surface area contributed by atoms with Crippen LogP contribution in [0.5, 0.6) is 0 Å². The molecule has 1 N–H and O–H groups in total. The van der Waals surface area contributed by atoms with Crippen molar-refractivity contribution in [3.05, 3.63) is 42.1 Å². The molecule has 1 aromatic carbocycles. The van der Waals surface area contributed by atoms with Crippen LogP contribution in [-0.2, 0) is 10.9 Å². The number of aromatic nitrogens is 2. The lowest BCUT2D eigenvalue weighted by atomic mass is 10.1. The zero-order valence-electron chi connectivity index (χ0n) is 16.8. The van der Waals surface area contributed by atoms with E-state index in [4.69, 9.17) is 4.74 Å². The van der Waals surface area contributed by atoms with Gasteiger partial charge in [-0.15, -0.1) is 5.10 Å². The van der Waals surface area contributed by atoms with Gasteiger partial charge in [-0.3, -0.25) is 0 Å². The summed E-state index contributed by atoms with van der Waals surface area (Å²) in [6.45, 7) is 4.67. The number of benzene rings is 1. The first-order chi connectivity index (χ1) is 14.9. The summed E-state index contributed by atoms with van der Waals surface area (Å²) in [6.07, 6.45) is -2.82. The van der Waals surface area contributed by atoms with E-state index in [1.165, 1.54) is 23.1 Å². The highest BCUT2D eigenvalue weighted by molar-refractivity contribution is 5.90. The Morgan fingerprint density at radius 1 is 1.00 bits per heavy atom. The van der Waals surface area contributed by atoms with Crippen LogP contribution < -0.4 is 15.1 Å². The molecule has 0 aliphatic carbocycles. The van der Waals surface area contributed by atoms with Crippen molar-refractivity contribution >= 4 is 23.2 Å². The molecular weight excluding hydrogens is 413 g/mol. The third-order valence-electron chi connectivity index (χ3n) is 5.37. The first-order valence-corrected chi connectivity index (χ1v) is 10.0. The number of nitrogens with zero attached hydrogens (tertiary/aromatic N) is 5. The van der Waals surface area contributed by atoms with E-state index >= 15 is 0 Å². The molecule has 1 aromatic heterocycles. The van der Waals surface area contributed by atoms with E-state index < -0.39 is 17.8 Å². The minimum Gasteiger partial charge on any atom is -0.378 e. The number of rotatable bonds is 3. The van der Waals surface area contributed by atoms with Crippen LogP contribution in [0.2, 0.25) is 0 Å². The molecule has 0 atom stereocenters. The molecule has 2 aliphatic heterocycles. The van der Waals surface area contributed by atoms with Crippen molar-refractivity contribution in [3.63, 3.8) is 0 Å². The molecule has 3 heterocycles. The van der Waals surface area contributed by atoms with Crippen LogP contribution in [0.25, 0.3) is 0 Å². The topological polar surface area (TPSA) is 73.8 Å². The predicted octanol–water partition coefficient (Wildman–Crippen LogP) is 2.69. The standard InChI is InChI=1S/C20H23F3N6O2/c21-20(22,23)16-3-1-2-4-17(16)25-19(30)29-7-5-28(6-8-29)18-13-15(14-24-26-18)27-9-11-31-12-10-27/h1-4,13-14H,5-12H2,(H,25,30). The number of para-hydroxylation sites is 1. The average molecular weight is 436 g/mol. The van der Waals surface area contributed by atoms with Crippen LogP contribution in [0.15, 0.2) is 36.5 Å². The maximum Gasteiger partial charge on any atom is 0.418 e. The molecule has 0 spiro atoms. The molecule has 0 unspecified atom stereocenters. The Morgan fingerprint density at radius 3 is 2.42 bits per heavy atom. The number of ether oxygens (including phenoxy) is 1. The fourth-order valence-corrected chi connectivity index (χ4v) is 3.67. The second-order valence-electron chi connectivity index (χ2n) is 7.32. The van der Waals surface area contributed by atoms with Gasteiger partial charge in [-0.05, 0) is 12.1 Å². The fraction of sp³-hybridized carbons (Fsp3) is 0.450. The Morgan fingerprint density at radius 2 is 1.71 bits per heavy atom. The van der Waals surface area contributed by atoms with E-state index in [1.807, 2.05) is 11.0 Å². The molecule has 0 saturated carbocycles. The molecule has 2 aliphatic rings. The second-order valence-corrected chi connectivity index (χ2v) is 7.32. The van der Waals surface area contributed by atoms with Crippen LogP contribution in [0.4, 0.5) is 35.2 Å². The number of amides is 2. The molecule has 0 bridgehead atoms. The number of alkyl halides is 3. The Hall–Kier alpha value is -3.08. The summed E-state index contributed by atoms with van der Waals surface area (Å²) in [6, 6.07) is 6.38. The highest BCUT2D eigenvalue weighted by Crippen LogP contribution is 2.34. The second kappa shape index (κ2) is 8.96. The molecule has 31 heavy (non-hydrogen) atoms. The Bertz CT molecular complexity index is 912. The highest BCUT2D eigenvalue weighted by Gasteiger charge is 2.34. The smallest absolute Gasteiger partial charge is 0.378 e. The molecule has 4 rings (SSSR count). The number of anilines is 3. The van der Waals surface area contributed by atoms with Gasteiger partial charge < -0.3 is 24.8 Å². The number of carbonyl (C=O) groups is 1. The Labute approximate surface area is 177 Å². The largest absolute Gasteiger partial charge is 0.418 e. The minimum absolute atomic E-state index is 0.244. The van der Waals surface area contributed by atoms with Gasteiger partial charge in [-0.25, -0.2) is 4.79 Å². The van der Waals surface area contributed by atoms with Gasteiger partial charge >= 0.3 is 12.2 Å². The van der Waals surface area contributed by atoms with Crippen molar-refractivity contribution in [2.24, 2.45) is 0 Å². The fourth-order valence-electron chi connectivity index (χ4n) is 3.67. The number of hydrogen-bond acceptors (Lipinski definition) is 6. The number of piperazine rings is 1. The van der Waals surface area contributed by atoms with Gasteiger partial charge in [0, 0.05) is 45.3 Å². The summed E-state index contributed by atoms with van der Waals surface area (Å²) in [7, 11) is 0. The maximum absolute atomic E-state index is 13.2. The minimum atomic E-state index is -4.53. The van der Waals surface area contributed by atoms with E-state index in [2.05, 4.69) is 20.4 Å². The quantitative estimate of drug-likeness (QED) is 0.798. The van der Waals surface area contributed by atoms with E-state index in [0.717, 1.165) is 24.8 Å². The highest BCUT2D eigenvalue weighted by atomic mass is 19.4. The zero-order chi connectivity index (χ0) is 21.8. The van der Waals surface area contributed by atoms with Crippen molar-refractivity contribution in [3.8, 4) is 0 Å². The Kier molecular flexibility index (Phi) is 6.12. The van der Waals surface area contributed by atoms with Crippen LogP contribution in [0, 0.1) is 0 Å². The monoisotopic (exact) mass is 436 g/mol. The summed E-state index contributed by atoms with van der Waals surface area (Å²) >= 11 is 0. The predicted molar refractivity (Wildman–Crippen MR) is 109 cm³/mol. The van der Waals surface area contributed by atoms with Crippen molar-refractivity contribution < 1.29 is 22.7 Å². The molecular formula is C20H23F3N6O2. The van der Waals surface area contributed by atoms with Crippen LogP contribution in [-0.4, -0.2) is 73.6 Å². The van der Waals surface area contributed by atoms with E-state index in [9.17, 15) is 18.0 Å². The Balaban J connectivity index is 1.37. The van der Waals surface area contributed by atoms with Gasteiger partial charge in [0.1, 0.15) is 0 Å². The van der Waals surface area contributed by atoms with Crippen molar-refractivity contribution in [1.82, 2.24) is 15.1 Å². The summed E-state index contributed by atoms with van der Waals surface area (Å²) in [4.78, 5) is 18.2. The van der Waals surface area contributed by atoms with E-state index in [0.29, 0.717) is 45.2 Å². The van der Waals surface area contributed by atoms with Crippen molar-refractivity contribution in [2.45, 2.75) is 6.18 Å². The lowest BCUT2D eigenvalue weighted by Gasteiger charge is -2.36. The zero-order valence-corrected chi connectivity index (χ0v) is 16.8. The van der Waals surface area contributed by atoms with Gasteiger partial charge in [-0.2, -0.15) is 18.3 Å². The number of nitrogens with one attached hydrogen (secondary N) is 1. The van der Waals surface area contributed by atoms with Gasteiger partial charge in [0.15, 0.2) is 5.82 Å². The molecule has 2 saturated heterocycles. The first kappa shape index (κ1) is 21.2. The number of hydrogen-bond donors (Lipinski definition) is 1. The summed E-state index contributed by atoms with van der Waals surface area (Å²) in [5, 5.41) is 10.7. The van der Waals surface area contributed by atoms with Crippen LogP contribution in [0.1, 0.15) is 5.56 Å². The molecule has 2 aromatic rings. The summed E-state index contributed by atoms with van der Waals surface area (Å²) in [5.74, 6) is 0.714. The third kappa shape index (κ3) is 4.98. The van der Waals surface area contributed by atoms with E-state index in [-0.39, 0.29) is 5.69 Å². The third-order valence-corrected chi connectivity index (χ3v) is 5.37. The van der Waals surface area contributed by atoms with Gasteiger partial charge in [0.2, 0.25) is 0 Å². The van der Waals surface area contributed by atoms with Gasteiger partial charge in [0.25, 0.3) is 0 Å². The number of morpholine rings is 1. The first-order valence-electron chi connectivity index (χ1n) is 10.0. The molecule has 11 heteroatoms. The lowest BCUT2D eigenvalue weighted by Crippen LogP contribution is -2.50. The van der Waals surface area contributed by atoms with Crippen LogP contribution >= 0.6 is 0 Å². The van der Waals surface area contributed by atoms with E-state index in [1.54, 1.807) is 6.20 Å². The SMILES string of the molecule is O=C(Nc1ccccc1C(F)(F)F)N1CCN(c2cc(N3CCOCC3)cnn2)CC1. The summed E-state index contributed by atoms with van der Waals surface area (Å²) < 4.78 is 44.8. The van der Waals surface area contributed by atoms with Crippen molar-refractivity contribution in [1.29, 1.82) is 0 Å². The molecule has 8 nitrogen and oxygen atoms in total. The maximum atomic E-state index is 13.2. The molecule has 2 fully saturated rings. The van der Waals surface area contributed by atoms with Gasteiger partial charge in [-0.1, -0.05) is 12.1 Å². The lowest BCUT2D eigenvalue weighted by molar-refractivity contribution is -0.136. The number of halogens is 3. The number of urea groups is 1. The summed E-state index contributed by atoms with van der Waals surface area (Å²) in [5.41, 5.74) is -0.138. The normalized spacial score (nSPS) is 17.6. The van der Waals surface area contributed by atoms with Crippen LogP contribution in [0.3, 0.4) is 0 Å². The van der Waals surface area contributed by atoms with Gasteiger partial charge in [0.05, 0.1) is 36.3 Å². The average Bonchev–Trinajstić information content (AvgIpc) is 2.79. The van der Waals surface area contributed by atoms with Crippen molar-refractivity contribution in [2.75, 3.05) is 67.6 Å².